The number of halogens is 1. The highest BCUT2D eigenvalue weighted by Crippen LogP contribution is 2.21. The molecule has 1 atom stereocenters. The quantitative estimate of drug-likeness (QED) is 0.530. The molecule has 0 amide bonds. The Morgan fingerprint density at radius 3 is 2.47 bits per heavy atom. The smallest absolute Gasteiger partial charge is 0.186 e. The van der Waals surface area contributed by atoms with Gasteiger partial charge in [-0.3, -0.25) is 4.99 Å². The lowest BCUT2D eigenvalue weighted by atomic mass is 10.1. The molecule has 4 nitrogen and oxygen atoms in total. The third kappa shape index (κ3) is 3.77. The molecule has 0 aliphatic rings. The number of rotatable bonds is 4. The number of hydrogen-bond acceptors (Lipinski definition) is 3. The van der Waals surface area contributed by atoms with Gasteiger partial charge in [0.15, 0.2) is 5.96 Å². The molecular formula is C9H12FN3OS. The van der Waals surface area contributed by atoms with Gasteiger partial charge in [0, 0.05) is 4.90 Å². The van der Waals surface area contributed by atoms with E-state index in [-0.39, 0.29) is 24.7 Å². The van der Waals surface area contributed by atoms with Crippen LogP contribution in [0.4, 0.5) is 3.89 Å². The van der Waals surface area contributed by atoms with Gasteiger partial charge in [-0.05, 0) is 17.7 Å². The van der Waals surface area contributed by atoms with Crippen molar-refractivity contribution >= 4 is 18.1 Å². The van der Waals surface area contributed by atoms with Crippen LogP contribution in [0.2, 0.25) is 0 Å². The Balaban J connectivity index is 2.65. The maximum absolute atomic E-state index is 12.1. The molecule has 0 spiro atoms. The topological polar surface area (TPSA) is 84.6 Å². The standard InChI is InChI=1S/C9H12FN3OS/c10-15-7-3-1-6(2-4-7)8(14)5-13-9(11)12/h1-4,8,14H,5H2,(H4,11,12,13)/t8-/m0/s1. The minimum absolute atomic E-state index is 0.0648. The highest BCUT2D eigenvalue weighted by atomic mass is 32.2. The number of benzene rings is 1. The summed E-state index contributed by atoms with van der Waals surface area (Å²) in [5, 5.41) is 9.61. The third-order valence-electron chi connectivity index (χ3n) is 1.80. The van der Waals surface area contributed by atoms with Crippen molar-refractivity contribution < 1.29 is 8.99 Å². The second kappa shape index (κ2) is 5.57. The van der Waals surface area contributed by atoms with Crippen molar-refractivity contribution in [2.45, 2.75) is 11.0 Å². The van der Waals surface area contributed by atoms with Crippen LogP contribution in [0, 0.1) is 0 Å². The Hall–Kier alpha value is -1.27. The lowest BCUT2D eigenvalue weighted by Crippen LogP contribution is -2.23. The van der Waals surface area contributed by atoms with Gasteiger partial charge in [-0.15, -0.1) is 0 Å². The number of hydrogen-bond donors (Lipinski definition) is 3. The van der Waals surface area contributed by atoms with Crippen LogP contribution in [0.15, 0.2) is 34.2 Å². The van der Waals surface area contributed by atoms with Crippen molar-refractivity contribution in [1.29, 1.82) is 0 Å². The van der Waals surface area contributed by atoms with Gasteiger partial charge >= 0.3 is 0 Å². The van der Waals surface area contributed by atoms with E-state index in [4.69, 9.17) is 11.5 Å². The lowest BCUT2D eigenvalue weighted by molar-refractivity contribution is 0.187. The molecule has 5 N–H and O–H groups in total. The van der Waals surface area contributed by atoms with Crippen LogP contribution in [0.5, 0.6) is 0 Å². The Kier molecular flexibility index (Phi) is 4.38. The molecule has 1 aromatic rings. The summed E-state index contributed by atoms with van der Waals surface area (Å²) in [6, 6.07) is 6.43. The van der Waals surface area contributed by atoms with Gasteiger partial charge in [-0.1, -0.05) is 12.1 Å². The molecule has 1 aromatic carbocycles. The van der Waals surface area contributed by atoms with E-state index in [1.165, 1.54) is 0 Å². The summed E-state index contributed by atoms with van der Waals surface area (Å²) < 4.78 is 12.1. The molecule has 0 aromatic heterocycles. The van der Waals surface area contributed by atoms with Crippen LogP contribution < -0.4 is 11.5 Å². The minimum atomic E-state index is -0.772. The van der Waals surface area contributed by atoms with E-state index in [2.05, 4.69) is 4.99 Å². The van der Waals surface area contributed by atoms with Gasteiger partial charge in [-0.25, -0.2) is 0 Å². The van der Waals surface area contributed by atoms with Crippen molar-refractivity contribution in [2.24, 2.45) is 16.5 Å². The van der Waals surface area contributed by atoms with Gasteiger partial charge in [-0.2, -0.15) is 3.89 Å². The second-order valence-electron chi connectivity index (χ2n) is 2.93. The van der Waals surface area contributed by atoms with Crippen molar-refractivity contribution in [3.8, 4) is 0 Å². The van der Waals surface area contributed by atoms with Gasteiger partial charge in [0.25, 0.3) is 0 Å². The molecule has 15 heavy (non-hydrogen) atoms. The molecule has 0 bridgehead atoms. The molecule has 0 saturated heterocycles. The molecule has 0 aliphatic heterocycles. The van der Waals surface area contributed by atoms with Crippen LogP contribution in [-0.4, -0.2) is 17.6 Å². The molecule has 0 radical (unpaired) electrons. The second-order valence-corrected chi connectivity index (χ2v) is 3.55. The summed E-state index contributed by atoms with van der Waals surface area (Å²) in [5.41, 5.74) is 10.9. The van der Waals surface area contributed by atoms with E-state index >= 15 is 0 Å². The molecule has 0 heterocycles. The highest BCUT2D eigenvalue weighted by molar-refractivity contribution is 7.94. The summed E-state index contributed by atoms with van der Waals surface area (Å²) in [6.45, 7) is 0.102. The number of guanidine groups is 1. The Morgan fingerprint density at radius 1 is 1.40 bits per heavy atom. The summed E-state index contributed by atoms with van der Waals surface area (Å²) in [4.78, 5) is 4.18. The molecule has 1 rings (SSSR count). The first-order valence-electron chi connectivity index (χ1n) is 4.25. The van der Waals surface area contributed by atoms with Crippen LogP contribution in [0.3, 0.4) is 0 Å². The van der Waals surface area contributed by atoms with E-state index in [0.29, 0.717) is 10.5 Å². The minimum Gasteiger partial charge on any atom is -0.386 e. The average Bonchev–Trinajstić information content (AvgIpc) is 2.26. The normalized spacial score (nSPS) is 12.1. The summed E-state index contributed by atoms with van der Waals surface area (Å²) in [7, 11) is 0. The first-order chi connectivity index (χ1) is 7.13. The van der Waals surface area contributed by atoms with Crippen molar-refractivity contribution in [3.05, 3.63) is 29.8 Å². The van der Waals surface area contributed by atoms with Crippen molar-refractivity contribution in [2.75, 3.05) is 6.54 Å². The number of aliphatic imine (C=N–C) groups is 1. The Labute approximate surface area is 91.5 Å². The fourth-order valence-corrected chi connectivity index (χ4v) is 1.28. The predicted octanol–water partition coefficient (Wildman–Crippen LogP) is 0.970. The van der Waals surface area contributed by atoms with Gasteiger partial charge < -0.3 is 16.6 Å². The fourth-order valence-electron chi connectivity index (χ4n) is 1.04. The number of aliphatic hydroxyl groups is 1. The number of nitrogens with two attached hydrogens (primary N) is 2. The zero-order valence-electron chi connectivity index (χ0n) is 7.93. The first-order valence-corrected chi connectivity index (χ1v) is 4.97. The van der Waals surface area contributed by atoms with E-state index < -0.39 is 6.10 Å². The summed E-state index contributed by atoms with van der Waals surface area (Å²) >= 11 is 0.158. The SMILES string of the molecule is NC(N)=NC[C@H](O)c1ccc(SF)cc1. The van der Waals surface area contributed by atoms with Crippen molar-refractivity contribution in [1.82, 2.24) is 0 Å². The predicted molar refractivity (Wildman–Crippen MR) is 59.0 cm³/mol. The van der Waals surface area contributed by atoms with Crippen LogP contribution in [0.1, 0.15) is 11.7 Å². The third-order valence-corrected chi connectivity index (χ3v) is 2.25. The van der Waals surface area contributed by atoms with E-state index in [0.717, 1.165) is 0 Å². The lowest BCUT2D eigenvalue weighted by Gasteiger charge is -2.08. The largest absolute Gasteiger partial charge is 0.386 e. The van der Waals surface area contributed by atoms with E-state index in [1.807, 2.05) is 0 Å². The van der Waals surface area contributed by atoms with Gasteiger partial charge in [0.05, 0.1) is 24.8 Å². The Bertz CT molecular complexity index is 338. The Morgan fingerprint density at radius 2 is 2.00 bits per heavy atom. The summed E-state index contributed by atoms with van der Waals surface area (Å²) in [5.74, 6) is -0.0648. The molecule has 0 saturated carbocycles. The fraction of sp³-hybridized carbons (Fsp3) is 0.222. The molecule has 6 heteroatoms. The zero-order valence-corrected chi connectivity index (χ0v) is 8.75. The molecule has 0 fully saturated rings. The number of aliphatic hydroxyl groups excluding tert-OH is 1. The molecular weight excluding hydrogens is 217 g/mol. The average molecular weight is 229 g/mol. The van der Waals surface area contributed by atoms with Gasteiger partial charge in [0.1, 0.15) is 0 Å². The van der Waals surface area contributed by atoms with Crippen LogP contribution in [-0.2, 0) is 0 Å². The van der Waals surface area contributed by atoms with Crippen LogP contribution in [0.25, 0.3) is 0 Å². The summed E-state index contributed by atoms with van der Waals surface area (Å²) in [6.07, 6.45) is -0.772. The molecule has 0 unspecified atom stereocenters. The molecule has 82 valence electrons. The zero-order chi connectivity index (χ0) is 11.3. The van der Waals surface area contributed by atoms with E-state index in [1.54, 1.807) is 24.3 Å². The molecule has 0 aliphatic carbocycles. The first kappa shape index (κ1) is 11.8. The number of nitrogens with zero attached hydrogens (tertiary/aromatic N) is 1. The van der Waals surface area contributed by atoms with E-state index in [9.17, 15) is 8.99 Å². The maximum atomic E-state index is 12.1. The van der Waals surface area contributed by atoms with Gasteiger partial charge in [0.2, 0.25) is 0 Å². The van der Waals surface area contributed by atoms with Crippen molar-refractivity contribution in [3.63, 3.8) is 0 Å². The maximum Gasteiger partial charge on any atom is 0.186 e. The van der Waals surface area contributed by atoms with Crippen LogP contribution >= 0.6 is 12.1 Å². The monoisotopic (exact) mass is 229 g/mol. The highest BCUT2D eigenvalue weighted by Gasteiger charge is 2.06.